The Kier molecular flexibility index (Phi) is 4.10. The zero-order chi connectivity index (χ0) is 14.9. The summed E-state index contributed by atoms with van der Waals surface area (Å²) in [4.78, 5) is 24.2. The van der Waals surface area contributed by atoms with Crippen LogP contribution in [0.4, 0.5) is 0 Å². The largest absolute Gasteiger partial charge is 0.508 e. The van der Waals surface area contributed by atoms with Crippen LogP contribution in [-0.2, 0) is 9.59 Å². The van der Waals surface area contributed by atoms with Crippen LogP contribution in [0.1, 0.15) is 11.1 Å². The van der Waals surface area contributed by atoms with E-state index in [1.165, 1.54) is 0 Å². The highest BCUT2D eigenvalue weighted by Gasteiger charge is 2.33. The summed E-state index contributed by atoms with van der Waals surface area (Å²) < 4.78 is 0.235. The number of carbonyl (C=O) groups excluding carboxylic acids is 1. The Morgan fingerprint density at radius 2 is 2.20 bits per heavy atom. The highest BCUT2D eigenvalue weighted by Crippen LogP contribution is 2.32. The van der Waals surface area contributed by atoms with Crippen LogP contribution < -0.4 is 0 Å². The van der Waals surface area contributed by atoms with Gasteiger partial charge in [0.1, 0.15) is 16.6 Å². The maximum Gasteiger partial charge on any atom is 0.323 e. The molecule has 0 unspecified atom stereocenters. The molecule has 1 aromatic carbocycles. The molecule has 0 spiro atoms. The van der Waals surface area contributed by atoms with Crippen LogP contribution in [0.3, 0.4) is 0 Å². The summed E-state index contributed by atoms with van der Waals surface area (Å²) in [5.74, 6) is -1.34. The fourth-order valence-corrected chi connectivity index (χ4v) is 2.95. The number of carbonyl (C=O) groups is 2. The van der Waals surface area contributed by atoms with Crippen molar-refractivity contribution in [2.45, 2.75) is 6.92 Å². The molecule has 1 aliphatic heterocycles. The Bertz CT molecular complexity index is 639. The van der Waals surface area contributed by atoms with E-state index in [1.54, 1.807) is 31.2 Å². The van der Waals surface area contributed by atoms with E-state index < -0.39 is 18.4 Å². The van der Waals surface area contributed by atoms with Crippen LogP contribution >= 0.6 is 24.0 Å². The van der Waals surface area contributed by atoms with Gasteiger partial charge in [-0.3, -0.25) is 14.5 Å². The highest BCUT2D eigenvalue weighted by atomic mass is 32.2. The lowest BCUT2D eigenvalue weighted by Gasteiger charge is -2.10. The van der Waals surface area contributed by atoms with E-state index in [2.05, 4.69) is 0 Å². The first-order valence-electron chi connectivity index (χ1n) is 5.65. The van der Waals surface area contributed by atoms with Crippen LogP contribution in [0.5, 0.6) is 5.75 Å². The second kappa shape index (κ2) is 5.64. The van der Waals surface area contributed by atoms with E-state index in [4.69, 9.17) is 17.3 Å². The number of aromatic hydroxyl groups is 1. The molecule has 20 heavy (non-hydrogen) atoms. The van der Waals surface area contributed by atoms with Crippen molar-refractivity contribution >= 4 is 46.3 Å². The van der Waals surface area contributed by atoms with Gasteiger partial charge in [-0.15, -0.1) is 0 Å². The number of thioether (sulfide) groups is 1. The van der Waals surface area contributed by atoms with E-state index >= 15 is 0 Å². The van der Waals surface area contributed by atoms with Gasteiger partial charge in [-0.25, -0.2) is 0 Å². The van der Waals surface area contributed by atoms with Crippen LogP contribution in [0.25, 0.3) is 6.08 Å². The Labute approximate surface area is 124 Å². The lowest BCUT2D eigenvalue weighted by atomic mass is 10.1. The maximum absolute atomic E-state index is 12.0. The van der Waals surface area contributed by atoms with Gasteiger partial charge in [0.25, 0.3) is 5.91 Å². The van der Waals surface area contributed by atoms with Crippen molar-refractivity contribution in [3.63, 3.8) is 0 Å². The Morgan fingerprint density at radius 3 is 2.80 bits per heavy atom. The van der Waals surface area contributed by atoms with E-state index in [0.29, 0.717) is 10.5 Å². The number of carboxylic acid groups (broad SMARTS) is 1. The number of rotatable bonds is 3. The third-order valence-electron chi connectivity index (χ3n) is 2.69. The number of hydrogen-bond acceptors (Lipinski definition) is 5. The quantitative estimate of drug-likeness (QED) is 0.657. The molecular formula is C13H11NO4S2. The van der Waals surface area contributed by atoms with E-state index in [0.717, 1.165) is 22.2 Å². The van der Waals surface area contributed by atoms with Gasteiger partial charge in [-0.1, -0.05) is 30.0 Å². The van der Waals surface area contributed by atoms with Crippen molar-refractivity contribution in [2.24, 2.45) is 0 Å². The molecule has 1 amide bonds. The molecule has 0 aliphatic carbocycles. The number of phenolic OH excluding ortho intramolecular Hbond substituents is 1. The molecule has 0 bridgehead atoms. The molecule has 0 atom stereocenters. The van der Waals surface area contributed by atoms with Crippen molar-refractivity contribution in [3.8, 4) is 5.75 Å². The summed E-state index contributed by atoms with van der Waals surface area (Å²) in [5.41, 5.74) is 1.44. The molecule has 0 aromatic heterocycles. The lowest BCUT2D eigenvalue weighted by Crippen LogP contribution is -2.33. The first-order chi connectivity index (χ1) is 9.38. The van der Waals surface area contributed by atoms with Gasteiger partial charge in [0.05, 0.1) is 4.91 Å². The minimum Gasteiger partial charge on any atom is -0.508 e. The number of hydrogen-bond donors (Lipinski definition) is 2. The van der Waals surface area contributed by atoms with E-state index in [1.807, 2.05) is 0 Å². The third kappa shape index (κ3) is 3.00. The first-order valence-corrected chi connectivity index (χ1v) is 6.87. The summed E-state index contributed by atoms with van der Waals surface area (Å²) in [6.07, 6.45) is 1.63. The molecule has 1 heterocycles. The summed E-state index contributed by atoms with van der Waals surface area (Å²) in [6, 6.07) is 4.95. The maximum atomic E-state index is 12.0. The van der Waals surface area contributed by atoms with Gasteiger partial charge in [0.2, 0.25) is 0 Å². The van der Waals surface area contributed by atoms with E-state index in [9.17, 15) is 14.7 Å². The zero-order valence-electron chi connectivity index (χ0n) is 10.5. The first kappa shape index (κ1) is 14.5. The van der Waals surface area contributed by atoms with Gasteiger partial charge >= 0.3 is 5.97 Å². The second-order valence-corrected chi connectivity index (χ2v) is 5.88. The molecule has 2 N–H and O–H groups in total. The average Bonchev–Trinajstić information content (AvgIpc) is 2.61. The topological polar surface area (TPSA) is 77.8 Å². The van der Waals surface area contributed by atoms with Crippen LogP contribution in [0.15, 0.2) is 23.1 Å². The van der Waals surface area contributed by atoms with Gasteiger partial charge in [-0.05, 0) is 36.3 Å². The molecule has 0 saturated carbocycles. The van der Waals surface area contributed by atoms with Gasteiger partial charge in [0.15, 0.2) is 0 Å². The molecule has 1 fully saturated rings. The van der Waals surface area contributed by atoms with Crippen molar-refractivity contribution < 1.29 is 19.8 Å². The number of aryl methyl sites for hydroxylation is 1. The number of nitrogens with zero attached hydrogens (tertiary/aromatic N) is 1. The van der Waals surface area contributed by atoms with Crippen molar-refractivity contribution in [2.75, 3.05) is 6.54 Å². The number of thiocarbonyl (C=S) groups is 1. The molecule has 104 valence electrons. The van der Waals surface area contributed by atoms with Crippen molar-refractivity contribution in [1.82, 2.24) is 4.90 Å². The summed E-state index contributed by atoms with van der Waals surface area (Å²) in [5, 5.41) is 18.2. The smallest absolute Gasteiger partial charge is 0.323 e. The van der Waals surface area contributed by atoms with Crippen molar-refractivity contribution in [1.29, 1.82) is 0 Å². The van der Waals surface area contributed by atoms with Crippen LogP contribution in [0.2, 0.25) is 0 Å². The SMILES string of the molecule is Cc1cc(/C=C2\SC(=S)N(CC(=O)O)C2=O)ccc1O. The second-order valence-electron chi connectivity index (χ2n) is 4.21. The highest BCUT2D eigenvalue weighted by molar-refractivity contribution is 8.26. The molecular weight excluding hydrogens is 298 g/mol. The summed E-state index contributed by atoms with van der Waals surface area (Å²) in [6.45, 7) is 1.32. The Hall–Kier alpha value is -1.86. The Morgan fingerprint density at radius 1 is 1.50 bits per heavy atom. The van der Waals surface area contributed by atoms with Crippen molar-refractivity contribution in [3.05, 3.63) is 34.2 Å². The number of aliphatic carboxylic acids is 1. The normalized spacial score (nSPS) is 17.1. The zero-order valence-corrected chi connectivity index (χ0v) is 12.1. The monoisotopic (exact) mass is 309 g/mol. The Balaban J connectivity index is 2.27. The fourth-order valence-electron chi connectivity index (χ4n) is 1.69. The molecule has 7 heteroatoms. The minimum atomic E-state index is -1.11. The van der Waals surface area contributed by atoms with Gasteiger partial charge in [-0.2, -0.15) is 0 Å². The van der Waals surface area contributed by atoms with Crippen LogP contribution in [-0.4, -0.2) is 37.9 Å². The summed E-state index contributed by atoms with van der Waals surface area (Å²) in [7, 11) is 0. The molecule has 1 saturated heterocycles. The van der Waals surface area contributed by atoms with Gasteiger partial charge in [0, 0.05) is 0 Å². The number of benzene rings is 1. The number of phenols is 1. The summed E-state index contributed by atoms with van der Waals surface area (Å²) >= 11 is 6.07. The fraction of sp³-hybridized carbons (Fsp3) is 0.154. The predicted octanol–water partition coefficient (Wildman–Crippen LogP) is 1.99. The van der Waals surface area contributed by atoms with Crippen LogP contribution in [0, 0.1) is 6.92 Å². The molecule has 5 nitrogen and oxygen atoms in total. The molecule has 1 aliphatic rings. The van der Waals surface area contributed by atoms with E-state index in [-0.39, 0.29) is 10.1 Å². The van der Waals surface area contributed by atoms with Gasteiger partial charge < -0.3 is 10.2 Å². The molecule has 2 rings (SSSR count). The number of carboxylic acids is 1. The minimum absolute atomic E-state index is 0.181. The molecule has 0 radical (unpaired) electrons. The lowest BCUT2D eigenvalue weighted by molar-refractivity contribution is -0.140. The molecule has 1 aromatic rings. The number of amides is 1. The standard InChI is InChI=1S/C13H11NO4S2/c1-7-4-8(2-3-9(7)15)5-10-12(18)14(6-11(16)17)13(19)20-10/h2-5,15H,6H2,1H3,(H,16,17)/b10-5-. The average molecular weight is 309 g/mol. The third-order valence-corrected chi connectivity index (χ3v) is 4.06. The predicted molar refractivity (Wildman–Crippen MR) is 80.4 cm³/mol.